The van der Waals surface area contributed by atoms with Crippen molar-refractivity contribution in [3.8, 4) is 0 Å². The van der Waals surface area contributed by atoms with Gasteiger partial charge in [-0.25, -0.2) is 0 Å². The molecule has 0 heteroatoms. The molecule has 2 rings (SSSR count). The molecule has 0 spiro atoms. The molecule has 0 aromatic heterocycles. The van der Waals surface area contributed by atoms with Crippen LogP contribution in [0.3, 0.4) is 0 Å². The Kier molecular flexibility index (Phi) is 1.76. The molecule has 0 radical (unpaired) electrons. The lowest BCUT2D eigenvalue weighted by atomic mass is 9.82. The highest BCUT2D eigenvalue weighted by molar-refractivity contribution is 5.44. The van der Waals surface area contributed by atoms with Crippen molar-refractivity contribution in [3.63, 3.8) is 0 Å². The predicted octanol–water partition coefficient (Wildman–Crippen LogP) is 4.08. The van der Waals surface area contributed by atoms with E-state index in [1.807, 2.05) is 0 Å². The van der Waals surface area contributed by atoms with E-state index in [-0.39, 0.29) is 0 Å². The van der Waals surface area contributed by atoms with Crippen LogP contribution in [0, 0.1) is 10.8 Å². The normalized spacial score (nSPS) is 42.3. The number of fused-ring (bicyclic) bond motifs is 1. The van der Waals surface area contributed by atoms with E-state index in [2.05, 4.69) is 33.4 Å². The van der Waals surface area contributed by atoms with E-state index >= 15 is 0 Å². The molecular formula is C13H20. The van der Waals surface area contributed by atoms with Gasteiger partial charge in [0.1, 0.15) is 0 Å². The molecule has 0 saturated heterocycles. The largest absolute Gasteiger partial charge is 0.122 e. The third-order valence-corrected chi connectivity index (χ3v) is 4.24. The molecule has 2 saturated carbocycles. The smallest absolute Gasteiger partial charge is 0.00625 e. The third-order valence-electron chi connectivity index (χ3n) is 4.24. The Bertz CT molecular complexity index is 280. The maximum Gasteiger partial charge on any atom is 0.00625 e. The molecule has 2 aliphatic rings. The summed E-state index contributed by atoms with van der Waals surface area (Å²) in [5.41, 5.74) is 7.55. The third kappa shape index (κ3) is 1.05. The maximum atomic E-state index is 3.57. The van der Waals surface area contributed by atoms with Gasteiger partial charge in [-0.1, -0.05) is 26.7 Å². The molecule has 0 aromatic carbocycles. The minimum atomic E-state index is 0.516. The van der Waals surface area contributed by atoms with E-state index in [1.54, 1.807) is 5.57 Å². The van der Waals surface area contributed by atoms with E-state index in [0.29, 0.717) is 10.8 Å². The number of hydrogen-bond donors (Lipinski definition) is 0. The Balaban J connectivity index is 2.42. The second kappa shape index (κ2) is 2.51. The molecule has 0 aromatic rings. The average molecular weight is 176 g/mol. The second-order valence-corrected chi connectivity index (χ2v) is 5.37. The first kappa shape index (κ1) is 9.09. The van der Waals surface area contributed by atoms with E-state index in [1.165, 1.54) is 31.3 Å². The fourth-order valence-electron chi connectivity index (χ4n) is 3.11. The van der Waals surface area contributed by atoms with Crippen molar-refractivity contribution in [1.82, 2.24) is 0 Å². The summed E-state index contributed by atoms with van der Waals surface area (Å²) in [6.45, 7) is 9.17. The fourth-order valence-corrected chi connectivity index (χ4v) is 3.11. The standard InChI is InChI=1S/C13H20/c1-10(2)9-11-12(3)7-5-6-8-13(11,12)4/h5-8H2,1-4H3. The van der Waals surface area contributed by atoms with Crippen LogP contribution in [0.25, 0.3) is 0 Å². The molecule has 13 heavy (non-hydrogen) atoms. The van der Waals surface area contributed by atoms with Crippen LogP contribution in [-0.4, -0.2) is 0 Å². The van der Waals surface area contributed by atoms with Crippen LogP contribution >= 0.6 is 0 Å². The zero-order valence-electron chi connectivity index (χ0n) is 9.33. The fraction of sp³-hybridized carbons (Fsp3) is 0.769. The summed E-state index contributed by atoms with van der Waals surface area (Å²) in [5, 5.41) is 0. The molecule has 2 unspecified atom stereocenters. The molecule has 0 nitrogen and oxygen atoms in total. The first-order valence-corrected chi connectivity index (χ1v) is 5.46. The van der Waals surface area contributed by atoms with Crippen molar-refractivity contribution >= 4 is 0 Å². The molecule has 0 aliphatic heterocycles. The quantitative estimate of drug-likeness (QED) is 0.488. The molecule has 0 amide bonds. The molecular weight excluding hydrogens is 156 g/mol. The number of allylic oxidation sites excluding steroid dienone is 1. The van der Waals surface area contributed by atoms with Crippen LogP contribution in [0.5, 0.6) is 0 Å². The van der Waals surface area contributed by atoms with Gasteiger partial charge in [0.2, 0.25) is 0 Å². The number of rotatable bonds is 0. The van der Waals surface area contributed by atoms with Crippen molar-refractivity contribution in [1.29, 1.82) is 0 Å². The van der Waals surface area contributed by atoms with Gasteiger partial charge in [-0.05, 0) is 37.8 Å². The Labute approximate surface area is 81.7 Å². The number of hydrogen-bond acceptors (Lipinski definition) is 0. The Hall–Kier alpha value is -0.480. The van der Waals surface area contributed by atoms with Gasteiger partial charge in [-0.15, -0.1) is 5.73 Å². The summed E-state index contributed by atoms with van der Waals surface area (Å²) in [5.74, 6) is 0. The van der Waals surface area contributed by atoms with Gasteiger partial charge in [0.05, 0.1) is 0 Å². The van der Waals surface area contributed by atoms with E-state index in [4.69, 9.17) is 0 Å². The van der Waals surface area contributed by atoms with Gasteiger partial charge in [0, 0.05) is 10.8 Å². The minimum Gasteiger partial charge on any atom is -0.122 e. The lowest BCUT2D eigenvalue weighted by Gasteiger charge is -2.22. The monoisotopic (exact) mass is 176 g/mol. The molecule has 2 aliphatic carbocycles. The molecule has 2 atom stereocenters. The van der Waals surface area contributed by atoms with Crippen molar-refractivity contribution in [2.45, 2.75) is 53.4 Å². The summed E-state index contributed by atoms with van der Waals surface area (Å²) in [7, 11) is 0. The van der Waals surface area contributed by atoms with Gasteiger partial charge < -0.3 is 0 Å². The van der Waals surface area contributed by atoms with Gasteiger partial charge in [-0.2, -0.15) is 0 Å². The average Bonchev–Trinajstić information content (AvgIpc) is 2.51. The van der Waals surface area contributed by atoms with Gasteiger partial charge >= 0.3 is 0 Å². The molecule has 2 fully saturated rings. The molecule has 0 bridgehead atoms. The van der Waals surface area contributed by atoms with E-state index < -0.39 is 0 Å². The highest BCUT2D eigenvalue weighted by atomic mass is 14.7. The van der Waals surface area contributed by atoms with Gasteiger partial charge in [0.15, 0.2) is 0 Å². The summed E-state index contributed by atoms with van der Waals surface area (Å²) >= 11 is 0. The summed E-state index contributed by atoms with van der Waals surface area (Å²) in [4.78, 5) is 0. The van der Waals surface area contributed by atoms with Gasteiger partial charge in [-0.3, -0.25) is 0 Å². The zero-order chi connectivity index (χ0) is 9.69. The lowest BCUT2D eigenvalue weighted by Crippen LogP contribution is -2.12. The first-order valence-electron chi connectivity index (χ1n) is 5.46. The highest BCUT2D eigenvalue weighted by Crippen LogP contribution is 2.74. The maximum absolute atomic E-state index is 3.57. The lowest BCUT2D eigenvalue weighted by molar-refractivity contribution is 0.277. The summed E-state index contributed by atoms with van der Waals surface area (Å²) in [6, 6.07) is 0. The summed E-state index contributed by atoms with van der Waals surface area (Å²) in [6.07, 6.45) is 5.61. The Morgan fingerprint density at radius 3 is 1.92 bits per heavy atom. The van der Waals surface area contributed by atoms with Crippen molar-refractivity contribution in [2.75, 3.05) is 0 Å². The van der Waals surface area contributed by atoms with Crippen LogP contribution in [0.15, 0.2) is 16.9 Å². The Morgan fingerprint density at radius 1 is 1.08 bits per heavy atom. The molecule has 0 heterocycles. The van der Waals surface area contributed by atoms with Crippen molar-refractivity contribution < 1.29 is 0 Å². The SMILES string of the molecule is CC(C)=C=C1C2(C)CCCCC12C. The van der Waals surface area contributed by atoms with Crippen LogP contribution in [-0.2, 0) is 0 Å². The highest BCUT2D eigenvalue weighted by Gasteiger charge is 2.66. The zero-order valence-corrected chi connectivity index (χ0v) is 9.33. The Morgan fingerprint density at radius 2 is 1.54 bits per heavy atom. The topological polar surface area (TPSA) is 0 Å². The van der Waals surface area contributed by atoms with Crippen LogP contribution < -0.4 is 0 Å². The van der Waals surface area contributed by atoms with Crippen LogP contribution in [0.4, 0.5) is 0 Å². The van der Waals surface area contributed by atoms with Crippen molar-refractivity contribution in [2.24, 2.45) is 10.8 Å². The minimum absolute atomic E-state index is 0.516. The first-order chi connectivity index (χ1) is 6.01. The van der Waals surface area contributed by atoms with Crippen LogP contribution in [0.2, 0.25) is 0 Å². The van der Waals surface area contributed by atoms with Crippen molar-refractivity contribution in [3.05, 3.63) is 16.9 Å². The molecule has 72 valence electrons. The predicted molar refractivity (Wildman–Crippen MR) is 56.6 cm³/mol. The second-order valence-electron chi connectivity index (χ2n) is 5.37. The summed E-state index contributed by atoms with van der Waals surface area (Å²) < 4.78 is 0. The van der Waals surface area contributed by atoms with Crippen LogP contribution in [0.1, 0.15) is 53.4 Å². The van der Waals surface area contributed by atoms with E-state index in [9.17, 15) is 0 Å². The van der Waals surface area contributed by atoms with E-state index in [0.717, 1.165) is 0 Å². The molecule has 0 N–H and O–H groups in total. The van der Waals surface area contributed by atoms with Gasteiger partial charge in [0.25, 0.3) is 0 Å².